The van der Waals surface area contributed by atoms with Gasteiger partial charge in [0.2, 0.25) is 0 Å². The number of benzene rings is 1. The number of rotatable bonds is 2. The Morgan fingerprint density at radius 1 is 1.08 bits per heavy atom. The third kappa shape index (κ3) is 3.89. The second kappa shape index (κ2) is 6.70. The summed E-state index contributed by atoms with van der Waals surface area (Å²) in [4.78, 5) is 24.0. The second-order valence-electron chi connectivity index (χ2n) is 5.85. The van der Waals surface area contributed by atoms with Gasteiger partial charge in [0, 0.05) is 44.3 Å². The summed E-state index contributed by atoms with van der Waals surface area (Å²) in [6.45, 7) is 3.55. The zero-order chi connectivity index (χ0) is 18.0. The van der Waals surface area contributed by atoms with Gasteiger partial charge in [-0.05, 0) is 25.1 Å². The fraction of sp³-hybridized carbons (Fsp3) is 0.353. The van der Waals surface area contributed by atoms with Gasteiger partial charge in [0.05, 0.1) is 11.1 Å². The molecular formula is C17H17F3N4O. The molecule has 1 amide bonds. The lowest BCUT2D eigenvalue weighted by atomic mass is 10.1. The van der Waals surface area contributed by atoms with Gasteiger partial charge in [-0.25, -0.2) is 9.97 Å². The Morgan fingerprint density at radius 3 is 2.32 bits per heavy atom. The number of halogens is 3. The number of carbonyl (C=O) groups excluding carboxylic acids is 1. The Bertz CT molecular complexity index is 753. The molecule has 1 aliphatic rings. The molecular weight excluding hydrogens is 333 g/mol. The second-order valence-corrected chi connectivity index (χ2v) is 5.85. The van der Waals surface area contributed by atoms with Crippen LogP contribution in [0.4, 0.5) is 18.9 Å². The summed E-state index contributed by atoms with van der Waals surface area (Å²) < 4.78 is 38.5. The summed E-state index contributed by atoms with van der Waals surface area (Å²) in [5, 5.41) is 0. The molecule has 132 valence electrons. The van der Waals surface area contributed by atoms with Crippen molar-refractivity contribution in [1.82, 2.24) is 14.9 Å². The zero-order valence-corrected chi connectivity index (χ0v) is 13.6. The highest BCUT2D eigenvalue weighted by Crippen LogP contribution is 2.31. The summed E-state index contributed by atoms with van der Waals surface area (Å²) in [5.41, 5.74) is 0.263. The van der Waals surface area contributed by atoms with Crippen LogP contribution in [-0.2, 0) is 6.18 Å². The van der Waals surface area contributed by atoms with Gasteiger partial charge in [-0.15, -0.1) is 0 Å². The van der Waals surface area contributed by atoms with Crippen LogP contribution in [0.2, 0.25) is 0 Å². The van der Waals surface area contributed by atoms with E-state index in [4.69, 9.17) is 0 Å². The molecule has 5 nitrogen and oxygen atoms in total. The van der Waals surface area contributed by atoms with E-state index >= 15 is 0 Å². The molecule has 8 heteroatoms. The van der Waals surface area contributed by atoms with Gasteiger partial charge in [-0.1, -0.05) is 6.07 Å². The largest absolute Gasteiger partial charge is 0.416 e. The normalized spacial score (nSPS) is 15.4. The molecule has 1 aromatic carbocycles. The molecule has 1 aromatic heterocycles. The first-order valence-electron chi connectivity index (χ1n) is 7.85. The standard InChI is InChI=1S/C17H17F3N4O/c1-12-21-10-13(11-22-12)16(25)24-7-5-23(6-8-24)15-4-2-3-14(9-15)17(18,19)20/h2-4,9-11H,5-8H2,1H3. The molecule has 0 N–H and O–H groups in total. The first kappa shape index (κ1) is 17.2. The Labute approximate surface area is 143 Å². The van der Waals surface area contributed by atoms with Crippen molar-refractivity contribution in [1.29, 1.82) is 0 Å². The van der Waals surface area contributed by atoms with E-state index in [1.807, 2.05) is 4.90 Å². The number of piperazine rings is 1. The van der Waals surface area contributed by atoms with Crippen LogP contribution >= 0.6 is 0 Å². The van der Waals surface area contributed by atoms with Crippen molar-refractivity contribution >= 4 is 11.6 Å². The van der Waals surface area contributed by atoms with E-state index in [0.717, 1.165) is 12.1 Å². The van der Waals surface area contributed by atoms with Crippen molar-refractivity contribution in [2.24, 2.45) is 0 Å². The van der Waals surface area contributed by atoms with Gasteiger partial charge >= 0.3 is 6.18 Å². The number of hydrogen-bond donors (Lipinski definition) is 0. The third-order valence-corrected chi connectivity index (χ3v) is 4.13. The Kier molecular flexibility index (Phi) is 4.61. The average Bonchev–Trinajstić information content (AvgIpc) is 2.61. The van der Waals surface area contributed by atoms with E-state index in [9.17, 15) is 18.0 Å². The molecule has 25 heavy (non-hydrogen) atoms. The maximum atomic E-state index is 12.8. The number of amides is 1. The van der Waals surface area contributed by atoms with E-state index in [1.165, 1.54) is 18.5 Å². The van der Waals surface area contributed by atoms with Gasteiger partial charge in [-0.2, -0.15) is 13.2 Å². The number of alkyl halides is 3. The molecule has 0 unspecified atom stereocenters. The minimum Gasteiger partial charge on any atom is -0.368 e. The average molecular weight is 350 g/mol. The van der Waals surface area contributed by atoms with Crippen molar-refractivity contribution in [3.8, 4) is 0 Å². The number of carbonyl (C=O) groups is 1. The summed E-state index contributed by atoms with van der Waals surface area (Å²) >= 11 is 0. The number of nitrogens with zero attached hydrogens (tertiary/aromatic N) is 4. The quantitative estimate of drug-likeness (QED) is 0.836. The van der Waals surface area contributed by atoms with Gasteiger partial charge < -0.3 is 9.80 Å². The molecule has 2 heterocycles. The lowest BCUT2D eigenvalue weighted by Gasteiger charge is -2.36. The minimum absolute atomic E-state index is 0.163. The first-order valence-corrected chi connectivity index (χ1v) is 7.85. The molecule has 3 rings (SSSR count). The summed E-state index contributed by atoms with van der Waals surface area (Å²) in [7, 11) is 0. The maximum absolute atomic E-state index is 12.8. The molecule has 1 saturated heterocycles. The first-order chi connectivity index (χ1) is 11.8. The van der Waals surface area contributed by atoms with Gasteiger partial charge in [0.25, 0.3) is 5.91 Å². The predicted octanol–water partition coefficient (Wildman–Crippen LogP) is 2.77. The molecule has 0 atom stereocenters. The van der Waals surface area contributed by atoms with Crippen LogP contribution in [0.1, 0.15) is 21.7 Å². The van der Waals surface area contributed by atoms with E-state index < -0.39 is 11.7 Å². The predicted molar refractivity (Wildman–Crippen MR) is 86.3 cm³/mol. The van der Waals surface area contributed by atoms with Crippen molar-refractivity contribution < 1.29 is 18.0 Å². The van der Waals surface area contributed by atoms with E-state index in [0.29, 0.717) is 43.3 Å². The molecule has 0 spiro atoms. The smallest absolute Gasteiger partial charge is 0.368 e. The fourth-order valence-electron chi connectivity index (χ4n) is 2.73. The zero-order valence-electron chi connectivity index (χ0n) is 13.6. The molecule has 0 radical (unpaired) electrons. The topological polar surface area (TPSA) is 49.3 Å². The SMILES string of the molecule is Cc1ncc(C(=O)N2CCN(c3cccc(C(F)(F)F)c3)CC2)cn1. The fourth-order valence-corrected chi connectivity index (χ4v) is 2.73. The number of anilines is 1. The molecule has 2 aromatic rings. The monoisotopic (exact) mass is 350 g/mol. The third-order valence-electron chi connectivity index (χ3n) is 4.13. The van der Waals surface area contributed by atoms with Crippen LogP contribution in [0.25, 0.3) is 0 Å². The van der Waals surface area contributed by atoms with Crippen molar-refractivity contribution in [2.45, 2.75) is 13.1 Å². The van der Waals surface area contributed by atoms with Crippen LogP contribution in [0.3, 0.4) is 0 Å². The highest BCUT2D eigenvalue weighted by molar-refractivity contribution is 5.93. The van der Waals surface area contributed by atoms with E-state index in [2.05, 4.69) is 9.97 Å². The Hall–Kier alpha value is -2.64. The summed E-state index contributed by atoms with van der Waals surface area (Å²) in [6.07, 6.45) is -1.38. The Morgan fingerprint density at radius 2 is 1.72 bits per heavy atom. The molecule has 1 fully saturated rings. The molecule has 1 aliphatic heterocycles. The van der Waals surface area contributed by atoms with Crippen LogP contribution in [0.5, 0.6) is 0 Å². The lowest BCUT2D eigenvalue weighted by Crippen LogP contribution is -2.48. The van der Waals surface area contributed by atoms with Crippen LogP contribution < -0.4 is 4.90 Å². The van der Waals surface area contributed by atoms with Crippen LogP contribution in [-0.4, -0.2) is 47.0 Å². The highest BCUT2D eigenvalue weighted by Gasteiger charge is 2.31. The molecule has 0 saturated carbocycles. The molecule has 0 aliphatic carbocycles. The van der Waals surface area contributed by atoms with Gasteiger partial charge in [-0.3, -0.25) is 4.79 Å². The van der Waals surface area contributed by atoms with Crippen molar-refractivity contribution in [3.05, 3.63) is 53.6 Å². The summed E-state index contributed by atoms with van der Waals surface area (Å²) in [6, 6.07) is 5.26. The van der Waals surface area contributed by atoms with Gasteiger partial charge in [0.1, 0.15) is 5.82 Å². The van der Waals surface area contributed by atoms with Crippen LogP contribution in [0, 0.1) is 6.92 Å². The lowest BCUT2D eigenvalue weighted by molar-refractivity contribution is -0.137. The molecule has 0 bridgehead atoms. The van der Waals surface area contributed by atoms with E-state index in [-0.39, 0.29) is 5.91 Å². The number of aromatic nitrogens is 2. The highest BCUT2D eigenvalue weighted by atomic mass is 19.4. The Balaban J connectivity index is 1.66. The van der Waals surface area contributed by atoms with Crippen molar-refractivity contribution in [3.63, 3.8) is 0 Å². The van der Waals surface area contributed by atoms with E-state index in [1.54, 1.807) is 17.9 Å². The number of aryl methyl sites for hydroxylation is 1. The van der Waals surface area contributed by atoms with Crippen LogP contribution in [0.15, 0.2) is 36.7 Å². The van der Waals surface area contributed by atoms with Gasteiger partial charge in [0.15, 0.2) is 0 Å². The summed E-state index contributed by atoms with van der Waals surface area (Å²) in [5.74, 6) is 0.426. The minimum atomic E-state index is -4.36. The maximum Gasteiger partial charge on any atom is 0.416 e. The van der Waals surface area contributed by atoms with Crippen molar-refractivity contribution in [2.75, 3.05) is 31.1 Å². The number of hydrogen-bond acceptors (Lipinski definition) is 4.